The van der Waals surface area contributed by atoms with Crippen LogP contribution in [0.5, 0.6) is 0 Å². The molecule has 5 nitrogen and oxygen atoms in total. The minimum absolute atomic E-state index is 0.195. The summed E-state index contributed by atoms with van der Waals surface area (Å²) in [4.78, 5) is 20.0. The van der Waals surface area contributed by atoms with Crippen LogP contribution in [0.25, 0.3) is 22.2 Å². The van der Waals surface area contributed by atoms with E-state index >= 15 is 0 Å². The quantitative estimate of drug-likeness (QED) is 0.340. The van der Waals surface area contributed by atoms with E-state index in [1.807, 2.05) is 37.3 Å². The molecule has 0 bridgehead atoms. The summed E-state index contributed by atoms with van der Waals surface area (Å²) in [6.07, 6.45) is -2.58. The normalized spacial score (nSPS) is 21.2. The number of benzene rings is 1. The van der Waals surface area contributed by atoms with E-state index in [0.29, 0.717) is 17.6 Å². The van der Waals surface area contributed by atoms with Gasteiger partial charge in [-0.05, 0) is 48.9 Å². The number of amidine groups is 1. The minimum atomic E-state index is -4.47. The smallest absolute Gasteiger partial charge is 0.416 e. The number of amides is 1. The van der Waals surface area contributed by atoms with Gasteiger partial charge in [-0.2, -0.15) is 13.2 Å². The standard InChI is InChI=1S/C26H22F3N3O2S/c1-14-8-18(26(27,28)29)11-19(31-14)17-10-21(35-13-17)25(2)12-22(30)32(3)24(33)23(25)16-4-5-20-15(9-16)6-7-34-20/h4-11,13,23,30H,12H2,1-3H3/t23?,25-/m1/s1. The molecule has 1 unspecified atom stereocenters. The highest BCUT2D eigenvalue weighted by Gasteiger charge is 2.49. The average Bonchev–Trinajstić information content (AvgIpc) is 3.46. The van der Waals surface area contributed by atoms with E-state index in [9.17, 15) is 18.0 Å². The molecule has 180 valence electrons. The van der Waals surface area contributed by atoms with Gasteiger partial charge < -0.3 is 9.32 Å². The van der Waals surface area contributed by atoms with Gasteiger partial charge >= 0.3 is 6.18 Å². The maximum Gasteiger partial charge on any atom is 0.416 e. The Morgan fingerprint density at radius 2 is 1.97 bits per heavy atom. The number of furan rings is 1. The van der Waals surface area contributed by atoms with E-state index in [1.54, 1.807) is 18.7 Å². The van der Waals surface area contributed by atoms with Crippen LogP contribution >= 0.6 is 11.3 Å². The Kier molecular flexibility index (Phi) is 5.36. The zero-order valence-corrected chi connectivity index (χ0v) is 20.1. The van der Waals surface area contributed by atoms with Gasteiger partial charge in [0.05, 0.1) is 23.4 Å². The van der Waals surface area contributed by atoms with Crippen molar-refractivity contribution in [3.05, 3.63) is 75.8 Å². The lowest BCUT2D eigenvalue weighted by molar-refractivity contribution is -0.137. The van der Waals surface area contributed by atoms with Crippen molar-refractivity contribution >= 4 is 34.0 Å². The third-order valence-electron chi connectivity index (χ3n) is 6.70. The van der Waals surface area contributed by atoms with Crippen molar-refractivity contribution in [1.82, 2.24) is 9.88 Å². The molecule has 35 heavy (non-hydrogen) atoms. The highest BCUT2D eigenvalue weighted by atomic mass is 32.1. The number of likely N-dealkylation sites (N-methyl/N-ethyl adjacent to an activating group) is 1. The monoisotopic (exact) mass is 497 g/mol. The summed E-state index contributed by atoms with van der Waals surface area (Å²) in [6, 6.07) is 11.3. The summed E-state index contributed by atoms with van der Waals surface area (Å²) < 4.78 is 45.6. The van der Waals surface area contributed by atoms with Gasteiger partial charge in [0, 0.05) is 45.8 Å². The van der Waals surface area contributed by atoms with E-state index in [1.165, 1.54) is 23.2 Å². The Balaban J connectivity index is 1.61. The van der Waals surface area contributed by atoms with Gasteiger partial charge in [-0.1, -0.05) is 13.0 Å². The predicted octanol–water partition coefficient (Wildman–Crippen LogP) is 6.76. The second-order valence-corrected chi connectivity index (χ2v) is 10.1. The Bertz CT molecular complexity index is 1470. The van der Waals surface area contributed by atoms with Gasteiger partial charge in [-0.3, -0.25) is 15.2 Å². The van der Waals surface area contributed by atoms with Crippen molar-refractivity contribution in [1.29, 1.82) is 5.41 Å². The van der Waals surface area contributed by atoms with E-state index < -0.39 is 23.1 Å². The molecule has 4 aromatic rings. The number of piperidine rings is 1. The highest BCUT2D eigenvalue weighted by molar-refractivity contribution is 7.10. The van der Waals surface area contributed by atoms with Crippen LogP contribution in [0.3, 0.4) is 0 Å². The van der Waals surface area contributed by atoms with Crippen LogP contribution in [0.1, 0.15) is 41.0 Å². The molecule has 1 amide bonds. The number of hydrogen-bond donors (Lipinski definition) is 1. The third kappa shape index (κ3) is 3.93. The molecule has 4 heterocycles. The van der Waals surface area contributed by atoms with Gasteiger partial charge in [0.2, 0.25) is 5.91 Å². The van der Waals surface area contributed by atoms with E-state index in [-0.39, 0.29) is 23.1 Å². The van der Waals surface area contributed by atoms with Crippen LogP contribution in [0, 0.1) is 12.3 Å². The largest absolute Gasteiger partial charge is 0.464 e. The number of fused-ring (bicyclic) bond motifs is 1. The Labute approximate surface area is 203 Å². The zero-order chi connectivity index (χ0) is 25.1. The third-order valence-corrected chi connectivity index (χ3v) is 7.91. The molecule has 9 heteroatoms. The molecule has 1 aliphatic rings. The Morgan fingerprint density at radius 1 is 1.20 bits per heavy atom. The summed E-state index contributed by atoms with van der Waals surface area (Å²) in [6.45, 7) is 3.48. The van der Waals surface area contributed by atoms with Crippen molar-refractivity contribution in [2.24, 2.45) is 0 Å². The molecule has 1 N–H and O–H groups in total. The Hall–Kier alpha value is -3.46. The first-order chi connectivity index (χ1) is 16.5. The fourth-order valence-corrected chi connectivity index (χ4v) is 5.92. The van der Waals surface area contributed by atoms with Crippen LogP contribution in [-0.2, 0) is 16.4 Å². The van der Waals surface area contributed by atoms with Gasteiger partial charge in [0.25, 0.3) is 0 Å². The highest BCUT2D eigenvalue weighted by Crippen LogP contribution is 2.49. The summed E-state index contributed by atoms with van der Waals surface area (Å²) in [5, 5.41) is 11.1. The molecular weight excluding hydrogens is 475 g/mol. The number of aromatic nitrogens is 1. The number of carbonyl (C=O) groups excluding carboxylic acids is 1. The number of likely N-dealkylation sites (tertiary alicyclic amines) is 1. The topological polar surface area (TPSA) is 70.2 Å². The fraction of sp³-hybridized carbons (Fsp3) is 0.269. The van der Waals surface area contributed by atoms with E-state index in [2.05, 4.69) is 4.98 Å². The van der Waals surface area contributed by atoms with Crippen molar-refractivity contribution in [3.63, 3.8) is 0 Å². The second kappa shape index (κ2) is 8.05. The number of nitrogens with zero attached hydrogens (tertiary/aromatic N) is 2. The molecule has 1 aromatic carbocycles. The number of halogens is 3. The number of rotatable bonds is 3. The molecule has 0 saturated carbocycles. The number of thiophene rings is 1. The first-order valence-corrected chi connectivity index (χ1v) is 11.8. The zero-order valence-electron chi connectivity index (χ0n) is 19.2. The van der Waals surface area contributed by atoms with Crippen LogP contribution < -0.4 is 0 Å². The first-order valence-electron chi connectivity index (χ1n) is 10.9. The number of nitrogens with one attached hydrogen (secondary N) is 1. The van der Waals surface area contributed by atoms with Gasteiger partial charge in [0.1, 0.15) is 11.4 Å². The lowest BCUT2D eigenvalue weighted by Gasteiger charge is -2.44. The van der Waals surface area contributed by atoms with Crippen molar-refractivity contribution in [3.8, 4) is 11.3 Å². The maximum absolute atomic E-state index is 13.5. The number of alkyl halides is 3. The summed E-state index contributed by atoms with van der Waals surface area (Å²) >= 11 is 1.37. The SMILES string of the molecule is Cc1cc(C(F)(F)F)cc(-c2csc([C@@]3(C)CC(=N)N(C)C(=O)C3c3ccc4occc4c3)c2)n1. The summed E-state index contributed by atoms with van der Waals surface area (Å²) in [7, 11) is 1.60. The van der Waals surface area contributed by atoms with Crippen molar-refractivity contribution in [2.75, 3.05) is 7.05 Å². The van der Waals surface area contributed by atoms with Crippen LogP contribution in [0.15, 0.2) is 58.5 Å². The van der Waals surface area contributed by atoms with Crippen molar-refractivity contribution in [2.45, 2.75) is 37.8 Å². The number of pyridine rings is 1. The number of carbonyl (C=O) groups is 1. The van der Waals surface area contributed by atoms with E-state index in [4.69, 9.17) is 9.83 Å². The molecule has 0 aliphatic carbocycles. The molecule has 5 rings (SSSR count). The predicted molar refractivity (Wildman–Crippen MR) is 129 cm³/mol. The lowest BCUT2D eigenvalue weighted by atomic mass is 9.67. The molecule has 1 aliphatic heterocycles. The van der Waals surface area contributed by atoms with Gasteiger partial charge in [-0.15, -0.1) is 11.3 Å². The average molecular weight is 498 g/mol. The van der Waals surface area contributed by atoms with E-state index in [0.717, 1.165) is 28.0 Å². The van der Waals surface area contributed by atoms with Crippen LogP contribution in [-0.4, -0.2) is 28.7 Å². The van der Waals surface area contributed by atoms with Crippen molar-refractivity contribution < 1.29 is 22.4 Å². The molecule has 3 aromatic heterocycles. The maximum atomic E-state index is 13.5. The molecule has 1 saturated heterocycles. The second-order valence-electron chi connectivity index (χ2n) is 9.17. The van der Waals surface area contributed by atoms with Gasteiger partial charge in [-0.25, -0.2) is 0 Å². The summed E-state index contributed by atoms with van der Waals surface area (Å²) in [5.74, 6) is -0.584. The fourth-order valence-electron chi connectivity index (χ4n) is 4.82. The number of hydrogen-bond acceptors (Lipinski definition) is 5. The van der Waals surface area contributed by atoms with Gasteiger partial charge in [0.15, 0.2) is 0 Å². The summed E-state index contributed by atoms with van der Waals surface area (Å²) in [5.41, 5.74) is 1.06. The Morgan fingerprint density at radius 3 is 2.71 bits per heavy atom. The molecule has 0 radical (unpaired) electrons. The molecular formula is C26H22F3N3O2S. The van der Waals surface area contributed by atoms with Crippen LogP contribution in [0.2, 0.25) is 0 Å². The lowest BCUT2D eigenvalue weighted by Crippen LogP contribution is -2.51. The molecule has 0 spiro atoms. The van der Waals surface area contributed by atoms with Crippen LogP contribution in [0.4, 0.5) is 13.2 Å². The number of aryl methyl sites for hydroxylation is 1. The molecule has 1 fully saturated rings. The minimum Gasteiger partial charge on any atom is -0.464 e. The molecule has 2 atom stereocenters. The first kappa shape index (κ1) is 23.3.